The molecule has 2 amide bonds. The fourth-order valence-electron chi connectivity index (χ4n) is 4.75. The molecule has 10 heteroatoms. The maximum Gasteiger partial charge on any atom is 0.308 e. The molecule has 0 spiro atoms. The third-order valence-electron chi connectivity index (χ3n) is 7.15. The van der Waals surface area contributed by atoms with Crippen molar-refractivity contribution in [1.82, 2.24) is 24.6 Å². The molecule has 2 fully saturated rings. The summed E-state index contributed by atoms with van der Waals surface area (Å²) in [4.78, 5) is 45.1. The number of hydrogen-bond acceptors (Lipinski definition) is 7. The minimum atomic E-state index is -0.218. The summed E-state index contributed by atoms with van der Waals surface area (Å²) in [7, 11) is 1.39. The number of ether oxygens (including phenoxy) is 1. The molecule has 2 aliphatic rings. The van der Waals surface area contributed by atoms with Gasteiger partial charge in [0.05, 0.1) is 19.6 Å². The van der Waals surface area contributed by atoms with Crippen molar-refractivity contribution in [3.63, 3.8) is 0 Å². The molecule has 2 aromatic heterocycles. The number of esters is 1. The summed E-state index contributed by atoms with van der Waals surface area (Å²) in [5.41, 5.74) is 3.04. The highest BCUT2D eigenvalue weighted by Crippen LogP contribution is 2.37. The normalized spacial score (nSPS) is 15.9. The van der Waals surface area contributed by atoms with E-state index in [2.05, 4.69) is 10.2 Å². The van der Waals surface area contributed by atoms with Crippen molar-refractivity contribution in [2.45, 2.75) is 45.2 Å². The number of aromatic nitrogens is 4. The number of benzene rings is 1. The summed E-state index contributed by atoms with van der Waals surface area (Å²) in [5.74, 6) is 0.727. The number of anilines is 1. The van der Waals surface area contributed by atoms with Crippen LogP contribution in [0.4, 0.5) is 5.82 Å². The van der Waals surface area contributed by atoms with Crippen molar-refractivity contribution in [2.24, 2.45) is 5.92 Å². The van der Waals surface area contributed by atoms with E-state index < -0.39 is 0 Å². The van der Waals surface area contributed by atoms with Gasteiger partial charge in [0, 0.05) is 24.7 Å². The quantitative estimate of drug-likeness (QED) is 0.344. The number of pyridine rings is 1. The maximum absolute atomic E-state index is 13.2. The van der Waals surface area contributed by atoms with Gasteiger partial charge in [0.25, 0.3) is 5.91 Å². The molecule has 3 aromatic rings. The van der Waals surface area contributed by atoms with Gasteiger partial charge in [-0.05, 0) is 68.0 Å². The molecule has 192 valence electrons. The maximum atomic E-state index is 13.2. The van der Waals surface area contributed by atoms with E-state index in [9.17, 15) is 14.4 Å². The number of carbonyl (C=O) groups excluding carboxylic acids is 3. The summed E-state index contributed by atoms with van der Waals surface area (Å²) < 4.78 is 6.87. The number of aryl methyl sites for hydroxylation is 1. The van der Waals surface area contributed by atoms with Crippen LogP contribution in [-0.2, 0) is 20.9 Å². The Morgan fingerprint density at radius 1 is 1.14 bits per heavy atom. The van der Waals surface area contributed by atoms with Crippen molar-refractivity contribution in [3.05, 3.63) is 59.4 Å². The van der Waals surface area contributed by atoms with Crippen LogP contribution in [0.15, 0.2) is 42.7 Å². The number of carbonyl (C=O) groups is 3. The van der Waals surface area contributed by atoms with Crippen LogP contribution in [0, 0.1) is 12.8 Å². The second-order valence-electron chi connectivity index (χ2n) is 9.64. The van der Waals surface area contributed by atoms with Crippen molar-refractivity contribution >= 4 is 24.1 Å². The number of likely N-dealkylation sites (tertiary alicyclic amines) is 1. The Hall–Kier alpha value is -4.08. The topological polar surface area (TPSA) is 111 Å². The number of nitrogens with zero attached hydrogens (tertiary/aromatic N) is 6. The van der Waals surface area contributed by atoms with E-state index in [1.54, 1.807) is 17.3 Å². The van der Waals surface area contributed by atoms with E-state index in [4.69, 9.17) is 9.72 Å². The first kappa shape index (κ1) is 24.6. The lowest BCUT2D eigenvalue weighted by Gasteiger charge is -2.31. The zero-order valence-electron chi connectivity index (χ0n) is 21.0. The predicted molar refractivity (Wildman–Crippen MR) is 136 cm³/mol. The minimum Gasteiger partial charge on any atom is -0.469 e. The first-order chi connectivity index (χ1) is 18.0. The third kappa shape index (κ3) is 5.23. The van der Waals surface area contributed by atoms with Crippen LogP contribution in [-0.4, -0.2) is 63.1 Å². The second kappa shape index (κ2) is 10.5. The highest BCUT2D eigenvalue weighted by molar-refractivity contribution is 5.94. The Morgan fingerprint density at radius 2 is 1.92 bits per heavy atom. The van der Waals surface area contributed by atoms with E-state index in [1.807, 2.05) is 41.8 Å². The van der Waals surface area contributed by atoms with Crippen LogP contribution in [0.3, 0.4) is 0 Å². The highest BCUT2D eigenvalue weighted by atomic mass is 16.5. The third-order valence-corrected chi connectivity index (χ3v) is 7.15. The van der Waals surface area contributed by atoms with Crippen molar-refractivity contribution in [2.75, 3.05) is 25.1 Å². The smallest absolute Gasteiger partial charge is 0.308 e. The zero-order valence-corrected chi connectivity index (χ0v) is 21.0. The van der Waals surface area contributed by atoms with Crippen LogP contribution < -0.4 is 4.90 Å². The van der Waals surface area contributed by atoms with E-state index in [-0.39, 0.29) is 24.3 Å². The molecule has 3 heterocycles. The summed E-state index contributed by atoms with van der Waals surface area (Å²) in [6.45, 7) is 3.23. The van der Waals surface area contributed by atoms with Crippen LogP contribution >= 0.6 is 0 Å². The monoisotopic (exact) mass is 502 g/mol. The lowest BCUT2D eigenvalue weighted by atomic mass is 9.96. The molecule has 0 bridgehead atoms. The molecule has 5 rings (SSSR count). The van der Waals surface area contributed by atoms with Crippen molar-refractivity contribution in [1.29, 1.82) is 0 Å². The molecule has 0 unspecified atom stereocenters. The number of piperidine rings is 1. The van der Waals surface area contributed by atoms with Gasteiger partial charge in [-0.25, -0.2) is 4.98 Å². The molecular formula is C27H30N6O4. The Morgan fingerprint density at radius 3 is 2.62 bits per heavy atom. The van der Waals surface area contributed by atoms with Gasteiger partial charge in [-0.1, -0.05) is 12.1 Å². The van der Waals surface area contributed by atoms with Gasteiger partial charge in [0.15, 0.2) is 5.82 Å². The molecule has 1 aliphatic carbocycles. The van der Waals surface area contributed by atoms with Gasteiger partial charge >= 0.3 is 5.97 Å². The summed E-state index contributed by atoms with van der Waals surface area (Å²) in [6.07, 6.45) is 5.86. The fraction of sp³-hybridized carbons (Fsp3) is 0.407. The molecular weight excluding hydrogens is 472 g/mol. The number of rotatable bonds is 8. The molecule has 1 aliphatic heterocycles. The average molecular weight is 503 g/mol. The first-order valence-electron chi connectivity index (χ1n) is 12.5. The lowest BCUT2D eigenvalue weighted by Crippen LogP contribution is -2.40. The SMILES string of the molecule is COC(=O)C1CCN(C(=O)c2ccc(C)c(CN(C=O)c3cccc(-c4nncn4C4CC4)n3)c2)CC1. The molecule has 10 nitrogen and oxygen atoms in total. The predicted octanol–water partition coefficient (Wildman–Crippen LogP) is 3.17. The standard InChI is InChI=1S/C27H30N6O4/c1-18-6-7-20(26(35)31-12-10-19(11-13-31)27(36)37-2)14-21(18)15-32(17-34)24-5-3-4-23(29-24)25-30-28-16-33(25)22-8-9-22/h3-7,14,16-17,19,22H,8-13,15H2,1-2H3. The average Bonchev–Trinajstić information content (AvgIpc) is 3.67. The van der Waals surface area contributed by atoms with Crippen molar-refractivity contribution < 1.29 is 19.1 Å². The number of methoxy groups -OCH3 is 1. The van der Waals surface area contributed by atoms with Crippen LogP contribution in [0.1, 0.15) is 53.2 Å². The van der Waals surface area contributed by atoms with Gasteiger partial charge in [0.1, 0.15) is 17.8 Å². The Kier molecular flexibility index (Phi) is 6.98. The Bertz CT molecular complexity index is 1310. The van der Waals surface area contributed by atoms with Crippen LogP contribution in [0.25, 0.3) is 11.5 Å². The molecule has 0 N–H and O–H groups in total. The molecule has 0 radical (unpaired) electrons. The molecule has 1 saturated heterocycles. The lowest BCUT2D eigenvalue weighted by molar-refractivity contribution is -0.146. The van der Waals surface area contributed by atoms with Gasteiger partial charge in [-0.3, -0.25) is 19.3 Å². The van der Waals surface area contributed by atoms with Crippen molar-refractivity contribution in [3.8, 4) is 11.5 Å². The number of amides is 2. The summed E-state index contributed by atoms with van der Waals surface area (Å²) in [6, 6.07) is 11.5. The summed E-state index contributed by atoms with van der Waals surface area (Å²) in [5, 5.41) is 8.29. The van der Waals surface area contributed by atoms with Gasteiger partial charge in [-0.15, -0.1) is 10.2 Å². The van der Waals surface area contributed by atoms with E-state index in [0.29, 0.717) is 54.9 Å². The van der Waals surface area contributed by atoms with E-state index in [1.165, 1.54) is 12.0 Å². The molecule has 1 aromatic carbocycles. The summed E-state index contributed by atoms with van der Waals surface area (Å²) >= 11 is 0. The molecule has 0 atom stereocenters. The van der Waals surface area contributed by atoms with Gasteiger partial charge in [-0.2, -0.15) is 0 Å². The Labute approximate surface area is 215 Å². The van der Waals surface area contributed by atoms with Gasteiger partial charge in [0.2, 0.25) is 6.41 Å². The second-order valence-corrected chi connectivity index (χ2v) is 9.64. The van der Waals surface area contributed by atoms with Crippen LogP contribution in [0.2, 0.25) is 0 Å². The highest BCUT2D eigenvalue weighted by Gasteiger charge is 2.29. The first-order valence-corrected chi connectivity index (χ1v) is 12.5. The largest absolute Gasteiger partial charge is 0.469 e. The Balaban J connectivity index is 1.32. The fourth-order valence-corrected chi connectivity index (χ4v) is 4.75. The zero-order chi connectivity index (χ0) is 25.9. The van der Waals surface area contributed by atoms with Gasteiger partial charge < -0.3 is 14.2 Å². The van der Waals surface area contributed by atoms with E-state index in [0.717, 1.165) is 30.4 Å². The van der Waals surface area contributed by atoms with Crippen LogP contribution in [0.5, 0.6) is 0 Å². The minimum absolute atomic E-state index is 0.0817. The number of hydrogen-bond donors (Lipinski definition) is 0. The molecule has 37 heavy (non-hydrogen) atoms. The molecule has 1 saturated carbocycles. The van der Waals surface area contributed by atoms with E-state index >= 15 is 0 Å².